The van der Waals surface area contributed by atoms with Gasteiger partial charge in [-0.3, -0.25) is 0 Å². The molecule has 0 rings (SSSR count). The van der Waals surface area contributed by atoms with Gasteiger partial charge in [-0.1, -0.05) is 34.8 Å². The quantitative estimate of drug-likeness (QED) is 0.486. The van der Waals surface area contributed by atoms with E-state index in [-0.39, 0.29) is 5.88 Å². The van der Waals surface area contributed by atoms with E-state index < -0.39 is 22.4 Å². The van der Waals surface area contributed by atoms with Crippen LogP contribution >= 0.6 is 46.4 Å². The van der Waals surface area contributed by atoms with Crippen LogP contribution in [0.5, 0.6) is 0 Å². The lowest BCUT2D eigenvalue weighted by molar-refractivity contribution is 0.348. The highest BCUT2D eigenvalue weighted by Gasteiger charge is 2.16. The minimum Gasteiger partial charge on any atom is -0.243 e. The lowest BCUT2D eigenvalue weighted by atomic mass is 10.6. The minimum absolute atomic E-state index is 0.0394. The molecule has 0 N–H and O–H groups in total. The molecule has 0 saturated heterocycles. The van der Waals surface area contributed by atoms with Gasteiger partial charge in [0.15, 0.2) is 5.83 Å². The Bertz CT molecular complexity index is 160. The third-order valence-electron chi connectivity index (χ3n) is 0.474. The van der Waals surface area contributed by atoms with Gasteiger partial charge in [0, 0.05) is 0 Å². The Kier molecular flexibility index (Phi) is 9.85. The number of halogens is 8. The summed E-state index contributed by atoms with van der Waals surface area (Å²) in [7, 11) is 0. The summed E-state index contributed by atoms with van der Waals surface area (Å²) in [6, 6.07) is 0. The van der Waals surface area contributed by atoms with Crippen molar-refractivity contribution in [1.29, 1.82) is 0 Å². The fraction of sp³-hybridized carbons (Fsp3) is 0.600. The molecular formula is C5H4Cl4F4. The number of rotatable bonds is 1. The topological polar surface area (TPSA) is 0 Å². The molecule has 0 aliphatic rings. The summed E-state index contributed by atoms with van der Waals surface area (Å²) in [4.78, 5) is 0. The number of hydrogen-bond acceptors (Lipinski definition) is 0. The monoisotopic (exact) mass is 280 g/mol. The standard InChI is InChI=1S/C3H2F4.C2H2Cl4/c4-1-2(5)3(6)7;3-1-2(4,5)6/h1H2;1H2. The van der Waals surface area contributed by atoms with Crippen LogP contribution < -0.4 is 0 Å². The normalized spacial score (nSPS) is 10.2. The zero-order valence-corrected chi connectivity index (χ0v) is 8.96. The van der Waals surface area contributed by atoms with E-state index in [1.807, 2.05) is 0 Å². The van der Waals surface area contributed by atoms with E-state index in [1.54, 1.807) is 0 Å². The predicted octanol–water partition coefficient (Wildman–Crippen LogP) is 4.63. The third-order valence-corrected chi connectivity index (χ3v) is 1.69. The van der Waals surface area contributed by atoms with Crippen molar-refractivity contribution in [3.8, 4) is 0 Å². The zero-order chi connectivity index (χ0) is 11.1. The number of hydrogen-bond donors (Lipinski definition) is 0. The highest BCUT2D eigenvalue weighted by Crippen LogP contribution is 2.26. The van der Waals surface area contributed by atoms with Crippen LogP contribution in [0.15, 0.2) is 11.9 Å². The van der Waals surface area contributed by atoms with Crippen LogP contribution in [0.4, 0.5) is 17.6 Å². The van der Waals surface area contributed by atoms with Crippen molar-refractivity contribution < 1.29 is 17.6 Å². The predicted molar refractivity (Wildman–Crippen MR) is 47.3 cm³/mol. The average molecular weight is 282 g/mol. The molecule has 0 spiro atoms. The molecule has 80 valence electrons. The van der Waals surface area contributed by atoms with Crippen molar-refractivity contribution in [3.05, 3.63) is 11.9 Å². The highest BCUT2D eigenvalue weighted by atomic mass is 35.6. The molecule has 0 amide bonds. The van der Waals surface area contributed by atoms with Gasteiger partial charge < -0.3 is 0 Å². The van der Waals surface area contributed by atoms with Crippen molar-refractivity contribution >= 4 is 46.4 Å². The smallest absolute Gasteiger partial charge is 0.243 e. The lowest BCUT2D eigenvalue weighted by Gasteiger charge is -2.00. The first-order valence-corrected chi connectivity index (χ1v) is 4.29. The van der Waals surface area contributed by atoms with Crippen LogP contribution in [0.1, 0.15) is 0 Å². The van der Waals surface area contributed by atoms with E-state index in [0.717, 1.165) is 0 Å². The number of alkyl halides is 5. The molecule has 13 heavy (non-hydrogen) atoms. The van der Waals surface area contributed by atoms with Gasteiger partial charge in [-0.05, 0) is 0 Å². The Morgan fingerprint density at radius 3 is 1.38 bits per heavy atom. The van der Waals surface area contributed by atoms with Gasteiger partial charge in [-0.2, -0.15) is 8.78 Å². The number of allylic oxidation sites excluding steroid dienone is 1. The molecule has 0 bridgehead atoms. The molecule has 0 aromatic carbocycles. The maximum atomic E-state index is 11.0. The maximum absolute atomic E-state index is 11.0. The van der Waals surface area contributed by atoms with Gasteiger partial charge in [-0.25, -0.2) is 8.78 Å². The Balaban J connectivity index is 0. The van der Waals surface area contributed by atoms with Gasteiger partial charge in [0.2, 0.25) is 3.79 Å². The largest absolute Gasteiger partial charge is 0.304 e. The van der Waals surface area contributed by atoms with Crippen molar-refractivity contribution in [2.45, 2.75) is 3.79 Å². The Morgan fingerprint density at radius 1 is 1.08 bits per heavy atom. The van der Waals surface area contributed by atoms with Gasteiger partial charge in [0.25, 0.3) is 0 Å². The summed E-state index contributed by atoms with van der Waals surface area (Å²) in [5.41, 5.74) is 0. The van der Waals surface area contributed by atoms with Gasteiger partial charge in [0.05, 0.1) is 5.88 Å². The molecule has 0 heterocycles. The molecule has 0 aliphatic heterocycles. The highest BCUT2D eigenvalue weighted by molar-refractivity contribution is 6.69. The van der Waals surface area contributed by atoms with E-state index in [0.29, 0.717) is 0 Å². The van der Waals surface area contributed by atoms with Crippen LogP contribution in [0, 0.1) is 0 Å². The molecule has 0 fully saturated rings. The molecule has 0 radical (unpaired) electrons. The first-order chi connectivity index (χ1) is 5.74. The Morgan fingerprint density at radius 2 is 1.38 bits per heavy atom. The summed E-state index contributed by atoms with van der Waals surface area (Å²) in [6.07, 6.45) is -2.58. The molecule has 0 nitrogen and oxygen atoms in total. The van der Waals surface area contributed by atoms with Crippen LogP contribution in [0.25, 0.3) is 0 Å². The molecule has 8 heteroatoms. The molecule has 0 aromatic heterocycles. The van der Waals surface area contributed by atoms with Crippen molar-refractivity contribution in [1.82, 2.24) is 0 Å². The zero-order valence-electron chi connectivity index (χ0n) is 5.94. The lowest BCUT2D eigenvalue weighted by Crippen LogP contribution is -2.01. The maximum Gasteiger partial charge on any atom is 0.304 e. The first kappa shape index (κ1) is 16.1. The van der Waals surface area contributed by atoms with E-state index >= 15 is 0 Å². The third kappa shape index (κ3) is 15.4. The Hall–Kier alpha value is 0.620. The fourth-order valence-electron chi connectivity index (χ4n) is 0.0505. The van der Waals surface area contributed by atoms with E-state index in [2.05, 4.69) is 0 Å². The first-order valence-electron chi connectivity index (χ1n) is 2.63. The van der Waals surface area contributed by atoms with Gasteiger partial charge >= 0.3 is 6.08 Å². The van der Waals surface area contributed by atoms with Crippen LogP contribution in [-0.4, -0.2) is 16.3 Å². The second-order valence-electron chi connectivity index (χ2n) is 1.55. The van der Waals surface area contributed by atoms with E-state index in [1.165, 1.54) is 0 Å². The average Bonchev–Trinajstić information content (AvgIpc) is 2.02. The summed E-state index contributed by atoms with van der Waals surface area (Å²) in [5.74, 6) is -1.95. The van der Waals surface area contributed by atoms with Gasteiger partial charge in [-0.15, -0.1) is 11.6 Å². The molecule has 0 saturated carbocycles. The van der Waals surface area contributed by atoms with Crippen LogP contribution in [0.2, 0.25) is 0 Å². The summed E-state index contributed by atoms with van der Waals surface area (Å²) >= 11 is 20.4. The second-order valence-corrected chi connectivity index (χ2v) is 4.33. The molecule has 0 aromatic rings. The fourth-order valence-corrected chi connectivity index (χ4v) is 0.0505. The Labute approximate surface area is 92.4 Å². The van der Waals surface area contributed by atoms with Crippen molar-refractivity contribution in [2.75, 3.05) is 12.6 Å². The molecule has 0 atom stereocenters. The summed E-state index contributed by atoms with van der Waals surface area (Å²) < 4.78 is 41.8. The van der Waals surface area contributed by atoms with Crippen molar-refractivity contribution in [2.24, 2.45) is 0 Å². The second kappa shape index (κ2) is 7.97. The molecular weight excluding hydrogens is 278 g/mol. The molecule has 0 unspecified atom stereocenters. The minimum atomic E-state index is -2.58. The van der Waals surface area contributed by atoms with Crippen LogP contribution in [-0.2, 0) is 0 Å². The van der Waals surface area contributed by atoms with Crippen molar-refractivity contribution in [3.63, 3.8) is 0 Å². The molecule has 0 aliphatic carbocycles. The SMILES string of the molecule is ClCC(Cl)(Cl)Cl.FCC(F)=C(F)F. The van der Waals surface area contributed by atoms with Gasteiger partial charge in [0.1, 0.15) is 6.67 Å². The van der Waals surface area contributed by atoms with E-state index in [9.17, 15) is 17.6 Å². The van der Waals surface area contributed by atoms with Crippen LogP contribution in [0.3, 0.4) is 0 Å². The van der Waals surface area contributed by atoms with E-state index in [4.69, 9.17) is 46.4 Å². The summed E-state index contributed by atoms with van der Waals surface area (Å²) in [5, 5.41) is 0. The summed E-state index contributed by atoms with van der Waals surface area (Å²) in [6.45, 7) is -1.72.